The lowest BCUT2D eigenvalue weighted by Gasteiger charge is -2.27. The van der Waals surface area contributed by atoms with Crippen LogP contribution in [0.5, 0.6) is 0 Å². The fourth-order valence-corrected chi connectivity index (χ4v) is 1.60. The topological polar surface area (TPSA) is 57.6 Å². The van der Waals surface area contributed by atoms with Crippen molar-refractivity contribution in [1.82, 2.24) is 4.90 Å². The third-order valence-electron chi connectivity index (χ3n) is 2.61. The third kappa shape index (κ3) is 4.25. The highest BCUT2D eigenvalue weighted by molar-refractivity contribution is 5.96. The van der Waals surface area contributed by atoms with Crippen LogP contribution in [-0.4, -0.2) is 40.6 Å². The second kappa shape index (κ2) is 5.94. The molecule has 1 rings (SSSR count). The average Bonchev–Trinajstić information content (AvgIpc) is 2.34. The van der Waals surface area contributed by atoms with Gasteiger partial charge < -0.3 is 10.0 Å². The Morgan fingerprint density at radius 1 is 1.15 bits per heavy atom. The Morgan fingerprint density at radius 2 is 1.60 bits per heavy atom. The average molecular weight is 289 g/mol. The number of hydrogen-bond donors (Lipinski definition) is 1. The van der Waals surface area contributed by atoms with Gasteiger partial charge in [0, 0.05) is 11.6 Å². The summed E-state index contributed by atoms with van der Waals surface area (Å²) in [5.41, 5.74) is -0.0126. The molecular weight excluding hydrogens is 275 g/mol. The third-order valence-corrected chi connectivity index (χ3v) is 2.61. The molecule has 0 aromatic heterocycles. The Labute approximate surface area is 113 Å². The number of carboxylic acids is 1. The fraction of sp³-hybridized carbons (Fsp3) is 0.385. The normalized spacial score (nSPS) is 11.5. The van der Waals surface area contributed by atoms with E-state index in [2.05, 4.69) is 0 Å². The van der Waals surface area contributed by atoms with Gasteiger partial charge in [0.15, 0.2) is 0 Å². The van der Waals surface area contributed by atoms with E-state index in [4.69, 9.17) is 5.11 Å². The van der Waals surface area contributed by atoms with Crippen LogP contribution in [0, 0.1) is 0 Å². The van der Waals surface area contributed by atoms with Crippen LogP contribution < -0.4 is 0 Å². The van der Waals surface area contributed by atoms with Crippen molar-refractivity contribution >= 4 is 11.9 Å². The van der Waals surface area contributed by atoms with E-state index in [1.165, 1.54) is 38.1 Å². The van der Waals surface area contributed by atoms with Gasteiger partial charge in [-0.15, -0.1) is 0 Å². The highest BCUT2D eigenvalue weighted by atomic mass is 19.4. The van der Waals surface area contributed by atoms with E-state index < -0.39 is 30.6 Å². The van der Waals surface area contributed by atoms with Crippen molar-refractivity contribution < 1.29 is 27.9 Å². The Hall–Kier alpha value is -2.05. The maximum atomic E-state index is 12.4. The molecule has 1 N–H and O–H groups in total. The molecule has 0 radical (unpaired) electrons. The standard InChI is InChI=1S/C13H14F3NO3/c1-8(2)17(7-13(14,15)16)11(18)9-3-5-10(6-4-9)12(19)20/h3-6,8H,7H2,1-2H3,(H,19,20). The number of carbonyl (C=O) groups is 2. The monoisotopic (exact) mass is 289 g/mol. The van der Waals surface area contributed by atoms with Crippen LogP contribution in [0.4, 0.5) is 13.2 Å². The van der Waals surface area contributed by atoms with Crippen molar-refractivity contribution in [2.75, 3.05) is 6.54 Å². The summed E-state index contributed by atoms with van der Waals surface area (Å²) in [6.07, 6.45) is -4.49. The first-order chi connectivity index (χ1) is 9.11. The van der Waals surface area contributed by atoms with Gasteiger partial charge >= 0.3 is 12.1 Å². The Morgan fingerprint density at radius 3 is 1.95 bits per heavy atom. The Bertz CT molecular complexity index is 495. The second-order valence-electron chi connectivity index (χ2n) is 4.52. The van der Waals surface area contributed by atoms with Crippen LogP contribution >= 0.6 is 0 Å². The Kier molecular flexibility index (Phi) is 4.75. The van der Waals surface area contributed by atoms with Crippen molar-refractivity contribution in [3.8, 4) is 0 Å². The molecule has 0 unspecified atom stereocenters. The largest absolute Gasteiger partial charge is 0.478 e. The molecule has 0 spiro atoms. The number of carbonyl (C=O) groups excluding carboxylic acids is 1. The van der Waals surface area contributed by atoms with Crippen molar-refractivity contribution in [3.63, 3.8) is 0 Å². The molecular formula is C13H14F3NO3. The molecule has 0 fully saturated rings. The summed E-state index contributed by atoms with van der Waals surface area (Å²) >= 11 is 0. The minimum Gasteiger partial charge on any atom is -0.478 e. The van der Waals surface area contributed by atoms with Crippen molar-refractivity contribution in [2.24, 2.45) is 0 Å². The summed E-state index contributed by atoms with van der Waals surface area (Å²) < 4.78 is 37.3. The van der Waals surface area contributed by atoms with Crippen molar-refractivity contribution in [1.29, 1.82) is 0 Å². The van der Waals surface area contributed by atoms with E-state index in [0.29, 0.717) is 4.90 Å². The van der Waals surface area contributed by atoms with Gasteiger partial charge in [0.2, 0.25) is 0 Å². The van der Waals surface area contributed by atoms with Gasteiger partial charge in [-0.25, -0.2) is 4.79 Å². The molecule has 0 heterocycles. The predicted octanol–water partition coefficient (Wildman–Crippen LogP) is 2.80. The summed E-state index contributed by atoms with van der Waals surface area (Å²) in [6.45, 7) is 1.62. The van der Waals surface area contributed by atoms with Crippen LogP contribution in [0.25, 0.3) is 0 Å². The molecule has 7 heteroatoms. The summed E-state index contributed by atoms with van der Waals surface area (Å²) in [4.78, 5) is 23.4. The highest BCUT2D eigenvalue weighted by Gasteiger charge is 2.34. The molecule has 0 saturated heterocycles. The van der Waals surface area contributed by atoms with Crippen LogP contribution in [-0.2, 0) is 0 Å². The number of halogens is 3. The molecule has 0 atom stereocenters. The molecule has 1 amide bonds. The number of amides is 1. The van der Waals surface area contributed by atoms with Gasteiger partial charge in [0.1, 0.15) is 6.54 Å². The molecule has 1 aromatic rings. The molecule has 0 aliphatic rings. The molecule has 1 aromatic carbocycles. The first kappa shape index (κ1) is 16.0. The van der Waals surface area contributed by atoms with Gasteiger partial charge in [-0.1, -0.05) is 0 Å². The quantitative estimate of drug-likeness (QED) is 0.927. The van der Waals surface area contributed by atoms with Gasteiger partial charge in [-0.2, -0.15) is 13.2 Å². The number of carboxylic acid groups (broad SMARTS) is 1. The molecule has 110 valence electrons. The van der Waals surface area contributed by atoms with Crippen LogP contribution in [0.1, 0.15) is 34.6 Å². The smallest absolute Gasteiger partial charge is 0.406 e. The van der Waals surface area contributed by atoms with Gasteiger partial charge in [0.25, 0.3) is 5.91 Å². The van der Waals surface area contributed by atoms with Gasteiger partial charge in [-0.3, -0.25) is 4.79 Å². The van der Waals surface area contributed by atoms with E-state index in [9.17, 15) is 22.8 Å². The fourth-order valence-electron chi connectivity index (χ4n) is 1.60. The van der Waals surface area contributed by atoms with E-state index in [-0.39, 0.29) is 11.1 Å². The van der Waals surface area contributed by atoms with E-state index in [1.807, 2.05) is 0 Å². The Balaban J connectivity index is 2.98. The highest BCUT2D eigenvalue weighted by Crippen LogP contribution is 2.20. The summed E-state index contributed by atoms with van der Waals surface area (Å²) in [6, 6.07) is 4.15. The van der Waals surface area contributed by atoms with Gasteiger partial charge in [0.05, 0.1) is 5.56 Å². The van der Waals surface area contributed by atoms with E-state index >= 15 is 0 Å². The minimum absolute atomic E-state index is 0.0213. The number of aromatic carboxylic acids is 1. The number of rotatable bonds is 4. The molecule has 0 aliphatic heterocycles. The molecule has 4 nitrogen and oxygen atoms in total. The summed E-state index contributed by atoms with van der Waals surface area (Å²) in [7, 11) is 0. The van der Waals surface area contributed by atoms with Crippen LogP contribution in [0.15, 0.2) is 24.3 Å². The maximum Gasteiger partial charge on any atom is 0.406 e. The first-order valence-corrected chi connectivity index (χ1v) is 5.83. The van der Waals surface area contributed by atoms with Crippen molar-refractivity contribution in [3.05, 3.63) is 35.4 Å². The molecule has 20 heavy (non-hydrogen) atoms. The first-order valence-electron chi connectivity index (χ1n) is 5.83. The number of hydrogen-bond acceptors (Lipinski definition) is 2. The second-order valence-corrected chi connectivity index (χ2v) is 4.52. The molecule has 0 aliphatic carbocycles. The molecule has 0 bridgehead atoms. The zero-order chi connectivity index (χ0) is 15.5. The van der Waals surface area contributed by atoms with Gasteiger partial charge in [-0.05, 0) is 38.1 Å². The lowest BCUT2D eigenvalue weighted by atomic mass is 10.1. The van der Waals surface area contributed by atoms with E-state index in [1.54, 1.807) is 0 Å². The minimum atomic E-state index is -4.49. The lowest BCUT2D eigenvalue weighted by Crippen LogP contribution is -2.43. The van der Waals surface area contributed by atoms with Crippen LogP contribution in [0.3, 0.4) is 0 Å². The number of benzene rings is 1. The summed E-state index contributed by atoms with van der Waals surface area (Å²) in [5, 5.41) is 8.72. The van der Waals surface area contributed by atoms with E-state index in [0.717, 1.165) is 0 Å². The zero-order valence-corrected chi connectivity index (χ0v) is 10.9. The summed E-state index contributed by atoms with van der Waals surface area (Å²) in [5.74, 6) is -1.95. The number of nitrogens with zero attached hydrogens (tertiary/aromatic N) is 1. The predicted molar refractivity (Wildman–Crippen MR) is 65.6 cm³/mol. The lowest BCUT2D eigenvalue weighted by molar-refractivity contribution is -0.143. The zero-order valence-electron chi connectivity index (χ0n) is 10.9. The SMILES string of the molecule is CC(C)N(CC(F)(F)F)C(=O)c1ccc(C(=O)O)cc1. The maximum absolute atomic E-state index is 12.4. The van der Waals surface area contributed by atoms with Crippen molar-refractivity contribution in [2.45, 2.75) is 26.1 Å². The molecule has 0 saturated carbocycles. The number of alkyl halides is 3. The van der Waals surface area contributed by atoms with Crippen LogP contribution in [0.2, 0.25) is 0 Å².